The number of benzene rings is 2. The highest BCUT2D eigenvalue weighted by molar-refractivity contribution is 6.00. The van der Waals surface area contributed by atoms with E-state index in [-0.39, 0.29) is 18.0 Å². The third-order valence-corrected chi connectivity index (χ3v) is 4.16. The zero-order chi connectivity index (χ0) is 18.7. The summed E-state index contributed by atoms with van der Waals surface area (Å²) < 4.78 is 20.0. The third kappa shape index (κ3) is 3.57. The molecule has 0 aliphatic rings. The van der Waals surface area contributed by atoms with Gasteiger partial charge in [-0.1, -0.05) is 18.2 Å². The van der Waals surface area contributed by atoms with Gasteiger partial charge in [0.2, 0.25) is 5.78 Å². The fourth-order valence-electron chi connectivity index (χ4n) is 2.90. The first-order chi connectivity index (χ1) is 12.5. The quantitative estimate of drug-likeness (QED) is 0.509. The van der Waals surface area contributed by atoms with E-state index >= 15 is 0 Å². The Kier molecular flexibility index (Phi) is 4.98. The normalized spacial score (nSPS) is 10.6. The summed E-state index contributed by atoms with van der Waals surface area (Å²) in [6.07, 6.45) is 0. The molecule has 0 radical (unpaired) electrons. The van der Waals surface area contributed by atoms with Gasteiger partial charge in [-0.2, -0.15) is 0 Å². The van der Waals surface area contributed by atoms with Crippen LogP contribution in [0.5, 0.6) is 0 Å². The molecule has 5 heteroatoms. The highest BCUT2D eigenvalue weighted by Gasteiger charge is 2.18. The lowest BCUT2D eigenvalue weighted by atomic mass is 10.1. The highest BCUT2D eigenvalue weighted by Crippen LogP contribution is 2.21. The molecule has 4 nitrogen and oxygen atoms in total. The summed E-state index contributed by atoms with van der Waals surface area (Å²) in [5.41, 5.74) is 3.38. The van der Waals surface area contributed by atoms with Crippen molar-refractivity contribution < 1.29 is 18.7 Å². The summed E-state index contributed by atoms with van der Waals surface area (Å²) in [4.78, 5) is 24.5. The van der Waals surface area contributed by atoms with Gasteiger partial charge in [0, 0.05) is 22.6 Å². The van der Waals surface area contributed by atoms with Gasteiger partial charge in [0.05, 0.1) is 5.56 Å². The van der Waals surface area contributed by atoms with Crippen LogP contribution in [0.15, 0.2) is 60.7 Å². The number of rotatable bonds is 5. The molecule has 0 N–H and O–H groups in total. The maximum Gasteiger partial charge on any atom is 0.338 e. The van der Waals surface area contributed by atoms with Crippen LogP contribution in [-0.2, 0) is 4.74 Å². The Morgan fingerprint density at radius 2 is 1.65 bits per heavy atom. The van der Waals surface area contributed by atoms with E-state index in [4.69, 9.17) is 4.74 Å². The summed E-state index contributed by atoms with van der Waals surface area (Å²) in [5.74, 6) is -1.38. The lowest BCUT2D eigenvalue weighted by Crippen LogP contribution is -2.15. The number of esters is 1. The molecule has 2 aromatic carbocycles. The molecule has 0 saturated carbocycles. The van der Waals surface area contributed by atoms with Crippen molar-refractivity contribution in [1.29, 1.82) is 0 Å². The van der Waals surface area contributed by atoms with Gasteiger partial charge in [-0.25, -0.2) is 9.18 Å². The van der Waals surface area contributed by atoms with E-state index in [0.29, 0.717) is 5.56 Å². The first-order valence-corrected chi connectivity index (χ1v) is 8.17. The largest absolute Gasteiger partial charge is 0.454 e. The Morgan fingerprint density at radius 1 is 1.00 bits per heavy atom. The molecule has 0 spiro atoms. The number of halogens is 1. The number of carbonyl (C=O) groups is 2. The molecule has 0 unspecified atom stereocenters. The van der Waals surface area contributed by atoms with Crippen molar-refractivity contribution in [3.8, 4) is 5.69 Å². The summed E-state index contributed by atoms with van der Waals surface area (Å²) in [6, 6.07) is 16.5. The Hall–Kier alpha value is -3.21. The molecule has 3 rings (SSSR count). The van der Waals surface area contributed by atoms with Crippen LogP contribution < -0.4 is 0 Å². The van der Waals surface area contributed by atoms with Crippen molar-refractivity contribution in [1.82, 2.24) is 4.57 Å². The number of aromatic nitrogens is 1. The molecule has 0 saturated heterocycles. The lowest BCUT2D eigenvalue weighted by Gasteiger charge is -2.09. The van der Waals surface area contributed by atoms with Gasteiger partial charge in [0.25, 0.3) is 0 Å². The van der Waals surface area contributed by atoms with Gasteiger partial charge in [0.1, 0.15) is 5.82 Å². The molecule has 26 heavy (non-hydrogen) atoms. The van der Waals surface area contributed by atoms with Crippen LogP contribution in [0.4, 0.5) is 4.39 Å². The van der Waals surface area contributed by atoms with Crippen LogP contribution in [0.3, 0.4) is 0 Å². The van der Waals surface area contributed by atoms with Crippen molar-refractivity contribution in [3.63, 3.8) is 0 Å². The van der Waals surface area contributed by atoms with Gasteiger partial charge >= 0.3 is 5.97 Å². The summed E-state index contributed by atoms with van der Waals surface area (Å²) in [5, 5.41) is 0. The predicted octanol–water partition coefficient (Wildman–Crippen LogP) is 4.27. The maximum absolute atomic E-state index is 12.9. The van der Waals surface area contributed by atoms with E-state index in [1.54, 1.807) is 6.07 Å². The summed E-state index contributed by atoms with van der Waals surface area (Å²) >= 11 is 0. The van der Waals surface area contributed by atoms with Crippen LogP contribution in [0.2, 0.25) is 0 Å². The molecule has 0 amide bonds. The average Bonchev–Trinajstić information content (AvgIpc) is 2.95. The van der Waals surface area contributed by atoms with Gasteiger partial charge in [-0.3, -0.25) is 4.79 Å². The SMILES string of the molecule is Cc1cc(C(=O)COC(=O)c2ccc(F)cc2)c(C)n1-c1ccccc1. The molecule has 1 heterocycles. The zero-order valence-corrected chi connectivity index (χ0v) is 14.5. The number of aryl methyl sites for hydroxylation is 1. The summed E-state index contributed by atoms with van der Waals surface area (Å²) in [6.45, 7) is 3.41. The number of nitrogens with zero attached hydrogens (tertiary/aromatic N) is 1. The second-order valence-corrected chi connectivity index (χ2v) is 5.96. The highest BCUT2D eigenvalue weighted by atomic mass is 19.1. The van der Waals surface area contributed by atoms with Gasteiger partial charge in [-0.05, 0) is 56.3 Å². The van der Waals surface area contributed by atoms with E-state index in [0.717, 1.165) is 17.1 Å². The van der Waals surface area contributed by atoms with Crippen LogP contribution in [0.25, 0.3) is 5.69 Å². The number of ether oxygens (including phenoxy) is 1. The zero-order valence-electron chi connectivity index (χ0n) is 14.5. The lowest BCUT2D eigenvalue weighted by molar-refractivity contribution is 0.0474. The molecule has 0 fully saturated rings. The second-order valence-electron chi connectivity index (χ2n) is 5.96. The molecular formula is C21H18FNO3. The standard InChI is InChI=1S/C21H18FNO3/c1-14-12-19(15(2)23(14)18-6-4-3-5-7-18)20(24)13-26-21(25)16-8-10-17(22)11-9-16/h3-12H,13H2,1-2H3. The minimum atomic E-state index is -0.657. The molecule has 3 aromatic rings. The van der Waals surface area contributed by atoms with Crippen molar-refractivity contribution >= 4 is 11.8 Å². The van der Waals surface area contributed by atoms with Gasteiger partial charge in [0.15, 0.2) is 6.61 Å². The van der Waals surface area contributed by atoms with Crippen LogP contribution in [0, 0.1) is 19.7 Å². The molecule has 1 aromatic heterocycles. The number of carbonyl (C=O) groups excluding carboxylic acids is 2. The van der Waals surface area contributed by atoms with Crippen LogP contribution >= 0.6 is 0 Å². The molecule has 0 aliphatic heterocycles. The number of hydrogen-bond donors (Lipinski definition) is 0. The van der Waals surface area contributed by atoms with Gasteiger partial charge in [-0.15, -0.1) is 0 Å². The fourth-order valence-corrected chi connectivity index (χ4v) is 2.90. The van der Waals surface area contributed by atoms with Crippen molar-refractivity contribution in [2.75, 3.05) is 6.61 Å². The van der Waals surface area contributed by atoms with E-state index in [1.807, 2.05) is 48.7 Å². The van der Waals surface area contributed by atoms with E-state index in [2.05, 4.69) is 0 Å². The first kappa shape index (κ1) is 17.6. The number of para-hydroxylation sites is 1. The van der Waals surface area contributed by atoms with Crippen LogP contribution in [-0.4, -0.2) is 22.9 Å². The average molecular weight is 351 g/mol. The Morgan fingerprint density at radius 3 is 2.31 bits per heavy atom. The molecule has 0 aliphatic carbocycles. The maximum atomic E-state index is 12.9. The second kappa shape index (κ2) is 7.35. The molecule has 0 bridgehead atoms. The predicted molar refractivity (Wildman–Crippen MR) is 96.3 cm³/mol. The fraction of sp³-hybridized carbons (Fsp3) is 0.143. The van der Waals surface area contributed by atoms with Crippen molar-refractivity contribution in [3.05, 3.63) is 89.0 Å². The number of hydrogen-bond acceptors (Lipinski definition) is 3. The smallest absolute Gasteiger partial charge is 0.338 e. The van der Waals surface area contributed by atoms with Gasteiger partial charge < -0.3 is 9.30 Å². The molecule has 0 atom stereocenters. The number of Topliss-reactive ketones (excluding diaryl/α,β-unsaturated/α-hetero) is 1. The molecule has 132 valence electrons. The van der Waals surface area contributed by atoms with Crippen molar-refractivity contribution in [2.24, 2.45) is 0 Å². The Balaban J connectivity index is 1.74. The van der Waals surface area contributed by atoms with E-state index < -0.39 is 11.8 Å². The first-order valence-electron chi connectivity index (χ1n) is 8.17. The van der Waals surface area contributed by atoms with Crippen LogP contribution in [0.1, 0.15) is 32.1 Å². The monoisotopic (exact) mass is 351 g/mol. The molecular weight excluding hydrogens is 333 g/mol. The third-order valence-electron chi connectivity index (χ3n) is 4.16. The topological polar surface area (TPSA) is 48.3 Å². The minimum Gasteiger partial charge on any atom is -0.454 e. The number of ketones is 1. The van der Waals surface area contributed by atoms with E-state index in [1.165, 1.54) is 24.3 Å². The Labute approximate surface area is 150 Å². The Bertz CT molecular complexity index is 943. The minimum absolute atomic E-state index is 0.203. The van der Waals surface area contributed by atoms with Crippen molar-refractivity contribution in [2.45, 2.75) is 13.8 Å². The summed E-state index contributed by atoms with van der Waals surface area (Å²) in [7, 11) is 0. The van der Waals surface area contributed by atoms with E-state index in [9.17, 15) is 14.0 Å².